The zero-order chi connectivity index (χ0) is 16.6. The van der Waals surface area contributed by atoms with Crippen molar-refractivity contribution in [3.05, 3.63) is 27.1 Å². The Morgan fingerprint density at radius 2 is 2.09 bits per heavy atom. The van der Waals surface area contributed by atoms with E-state index in [0.29, 0.717) is 27.7 Å². The lowest BCUT2D eigenvalue weighted by molar-refractivity contribution is 0.0652. The molecule has 2 aromatic rings. The van der Waals surface area contributed by atoms with Crippen molar-refractivity contribution in [2.24, 2.45) is 7.05 Å². The molecule has 1 aliphatic rings. The molecule has 2 heterocycles. The Bertz CT molecular complexity index is 787. The number of carbonyl (C=O) groups excluding carboxylic acids is 1. The standard InChI is InChI=1S/C17H23N3O2S/c1-4-20(12-8-6-5-7-9-12)17(22)14-11(2)13-15(23-14)18-10-19(3)16(13)21/h10,12H,4-9H2,1-3H3. The summed E-state index contributed by atoms with van der Waals surface area (Å²) in [6, 6.07) is 0.335. The van der Waals surface area contributed by atoms with Crippen LogP contribution < -0.4 is 5.56 Å². The molecule has 0 aliphatic heterocycles. The van der Waals surface area contributed by atoms with E-state index >= 15 is 0 Å². The van der Waals surface area contributed by atoms with Crippen LogP contribution in [0.4, 0.5) is 0 Å². The second-order valence-corrected chi connectivity index (χ2v) is 7.28. The number of aromatic nitrogens is 2. The highest BCUT2D eigenvalue weighted by Crippen LogP contribution is 2.30. The molecule has 1 fully saturated rings. The summed E-state index contributed by atoms with van der Waals surface area (Å²) < 4.78 is 1.47. The van der Waals surface area contributed by atoms with Crippen molar-refractivity contribution in [2.75, 3.05) is 6.54 Å². The molecule has 0 N–H and O–H groups in total. The number of rotatable bonds is 3. The number of hydrogen-bond acceptors (Lipinski definition) is 4. The van der Waals surface area contributed by atoms with E-state index in [4.69, 9.17) is 0 Å². The van der Waals surface area contributed by atoms with Gasteiger partial charge in [-0.2, -0.15) is 0 Å². The first-order valence-electron chi connectivity index (χ1n) is 8.30. The van der Waals surface area contributed by atoms with Gasteiger partial charge in [0.1, 0.15) is 4.83 Å². The highest BCUT2D eigenvalue weighted by atomic mass is 32.1. The Hall–Kier alpha value is -1.69. The molecule has 2 aromatic heterocycles. The van der Waals surface area contributed by atoms with Gasteiger partial charge in [0.25, 0.3) is 11.5 Å². The summed E-state index contributed by atoms with van der Waals surface area (Å²) in [5.74, 6) is 0.0574. The minimum absolute atomic E-state index is 0.0574. The summed E-state index contributed by atoms with van der Waals surface area (Å²) in [6.07, 6.45) is 7.36. The van der Waals surface area contributed by atoms with Crippen LogP contribution in [0.2, 0.25) is 0 Å². The lowest BCUT2D eigenvalue weighted by Crippen LogP contribution is -2.41. The first kappa shape index (κ1) is 16.2. The van der Waals surface area contributed by atoms with E-state index in [9.17, 15) is 9.59 Å². The Morgan fingerprint density at radius 3 is 2.74 bits per heavy atom. The lowest BCUT2D eigenvalue weighted by Gasteiger charge is -2.33. The number of nitrogens with zero attached hydrogens (tertiary/aromatic N) is 3. The Kier molecular flexibility index (Phi) is 4.53. The zero-order valence-electron chi connectivity index (χ0n) is 14.0. The smallest absolute Gasteiger partial charge is 0.264 e. The van der Waals surface area contributed by atoms with Gasteiger partial charge in [-0.15, -0.1) is 11.3 Å². The quantitative estimate of drug-likeness (QED) is 0.867. The highest BCUT2D eigenvalue weighted by molar-refractivity contribution is 7.20. The van der Waals surface area contributed by atoms with Crippen LogP contribution in [-0.4, -0.2) is 32.9 Å². The van der Waals surface area contributed by atoms with E-state index in [1.807, 2.05) is 18.7 Å². The summed E-state index contributed by atoms with van der Waals surface area (Å²) in [6.45, 7) is 4.61. The van der Waals surface area contributed by atoms with Gasteiger partial charge in [0.2, 0.25) is 0 Å². The van der Waals surface area contributed by atoms with Crippen LogP contribution in [0.1, 0.15) is 54.3 Å². The van der Waals surface area contributed by atoms with Crippen LogP contribution in [0.3, 0.4) is 0 Å². The van der Waals surface area contributed by atoms with Gasteiger partial charge in [0.05, 0.1) is 16.6 Å². The van der Waals surface area contributed by atoms with Crippen LogP contribution in [0.15, 0.2) is 11.1 Å². The van der Waals surface area contributed by atoms with Crippen molar-refractivity contribution in [1.82, 2.24) is 14.5 Å². The Morgan fingerprint density at radius 1 is 1.39 bits per heavy atom. The first-order chi connectivity index (χ1) is 11.0. The summed E-state index contributed by atoms with van der Waals surface area (Å²) in [4.78, 5) is 33.0. The lowest BCUT2D eigenvalue weighted by atomic mass is 9.94. The predicted octanol–water partition coefficient (Wildman–Crippen LogP) is 3.10. The molecule has 6 heteroatoms. The zero-order valence-corrected chi connectivity index (χ0v) is 14.8. The van der Waals surface area contributed by atoms with E-state index in [2.05, 4.69) is 4.98 Å². The third-order valence-electron chi connectivity index (χ3n) is 4.82. The van der Waals surface area contributed by atoms with E-state index in [0.717, 1.165) is 18.4 Å². The fourth-order valence-corrected chi connectivity index (χ4v) is 4.60. The third-order valence-corrected chi connectivity index (χ3v) is 6.01. The fraction of sp³-hybridized carbons (Fsp3) is 0.588. The molecule has 124 valence electrons. The molecule has 0 bridgehead atoms. The van der Waals surface area contributed by atoms with Gasteiger partial charge in [0.15, 0.2) is 0 Å². The molecule has 0 unspecified atom stereocenters. The molecule has 0 spiro atoms. The number of hydrogen-bond donors (Lipinski definition) is 0. The Balaban J connectivity index is 2.01. The maximum atomic E-state index is 13.1. The van der Waals surface area contributed by atoms with Gasteiger partial charge in [0, 0.05) is 19.6 Å². The molecule has 5 nitrogen and oxygen atoms in total. The van der Waals surface area contributed by atoms with Gasteiger partial charge in [-0.3, -0.25) is 9.59 Å². The average Bonchev–Trinajstić information content (AvgIpc) is 2.90. The molecule has 0 aromatic carbocycles. The average molecular weight is 333 g/mol. The number of aryl methyl sites for hydroxylation is 2. The van der Waals surface area contributed by atoms with Gasteiger partial charge in [-0.05, 0) is 32.3 Å². The van der Waals surface area contributed by atoms with Crippen molar-refractivity contribution >= 4 is 27.5 Å². The fourth-order valence-electron chi connectivity index (χ4n) is 3.50. The molecule has 0 atom stereocenters. The van der Waals surface area contributed by atoms with E-state index in [1.165, 1.54) is 41.5 Å². The largest absolute Gasteiger partial charge is 0.335 e. The second-order valence-electron chi connectivity index (χ2n) is 6.28. The second kappa shape index (κ2) is 6.43. The van der Waals surface area contributed by atoms with Gasteiger partial charge >= 0.3 is 0 Å². The molecule has 0 saturated heterocycles. The molecular formula is C17H23N3O2S. The SMILES string of the molecule is CCN(C(=O)c1sc2ncn(C)c(=O)c2c1C)C1CCCCC1. The van der Waals surface area contributed by atoms with Gasteiger partial charge < -0.3 is 9.47 Å². The van der Waals surface area contributed by atoms with Crippen molar-refractivity contribution in [3.8, 4) is 0 Å². The van der Waals surface area contributed by atoms with Gasteiger partial charge in [-0.25, -0.2) is 4.98 Å². The van der Waals surface area contributed by atoms with E-state index in [-0.39, 0.29) is 11.5 Å². The molecular weight excluding hydrogens is 310 g/mol. The maximum Gasteiger partial charge on any atom is 0.264 e. The van der Waals surface area contributed by atoms with E-state index in [1.54, 1.807) is 7.05 Å². The summed E-state index contributed by atoms with van der Waals surface area (Å²) in [5, 5.41) is 0.586. The normalized spacial score (nSPS) is 16.0. The van der Waals surface area contributed by atoms with Crippen molar-refractivity contribution < 1.29 is 4.79 Å². The predicted molar refractivity (Wildman–Crippen MR) is 93.2 cm³/mol. The summed E-state index contributed by atoms with van der Waals surface area (Å²) in [7, 11) is 1.69. The number of amides is 1. The molecule has 3 rings (SSSR count). The summed E-state index contributed by atoms with van der Waals surface area (Å²) in [5.41, 5.74) is 0.696. The monoisotopic (exact) mass is 333 g/mol. The van der Waals surface area contributed by atoms with Crippen LogP contribution in [0, 0.1) is 6.92 Å². The minimum Gasteiger partial charge on any atom is -0.335 e. The summed E-state index contributed by atoms with van der Waals surface area (Å²) >= 11 is 1.35. The van der Waals surface area contributed by atoms with Crippen molar-refractivity contribution in [2.45, 2.75) is 52.0 Å². The van der Waals surface area contributed by atoms with Crippen LogP contribution >= 0.6 is 11.3 Å². The van der Waals surface area contributed by atoms with E-state index < -0.39 is 0 Å². The van der Waals surface area contributed by atoms with Crippen LogP contribution in [-0.2, 0) is 7.05 Å². The molecule has 0 radical (unpaired) electrons. The van der Waals surface area contributed by atoms with Crippen LogP contribution in [0.25, 0.3) is 10.2 Å². The molecule has 1 amide bonds. The highest BCUT2D eigenvalue weighted by Gasteiger charge is 2.28. The topological polar surface area (TPSA) is 55.2 Å². The minimum atomic E-state index is -0.0801. The Labute approximate surface area is 139 Å². The maximum absolute atomic E-state index is 13.1. The van der Waals surface area contributed by atoms with Crippen molar-refractivity contribution in [3.63, 3.8) is 0 Å². The number of fused-ring (bicyclic) bond motifs is 1. The molecule has 23 heavy (non-hydrogen) atoms. The van der Waals surface area contributed by atoms with Gasteiger partial charge in [-0.1, -0.05) is 19.3 Å². The van der Waals surface area contributed by atoms with Crippen molar-refractivity contribution in [1.29, 1.82) is 0 Å². The number of thiophene rings is 1. The number of carbonyl (C=O) groups is 1. The molecule has 1 saturated carbocycles. The third kappa shape index (κ3) is 2.80. The first-order valence-corrected chi connectivity index (χ1v) is 9.12. The van der Waals surface area contributed by atoms with Crippen LogP contribution in [0.5, 0.6) is 0 Å². The molecule has 1 aliphatic carbocycles.